The standard InChI is InChI=1S/C9H9F3N2O2/c10-9(11,12)5-16-14-8(15)6-2-1-3-7(13)4-6/h1-4H,5,13H2,(H,14,15). The number of carbonyl (C=O) groups is 1. The Morgan fingerprint density at radius 1 is 1.44 bits per heavy atom. The lowest BCUT2D eigenvalue weighted by atomic mass is 10.2. The molecule has 0 radical (unpaired) electrons. The molecule has 16 heavy (non-hydrogen) atoms. The molecule has 0 spiro atoms. The molecule has 1 amide bonds. The Balaban J connectivity index is 2.47. The van der Waals surface area contributed by atoms with E-state index in [-0.39, 0.29) is 5.56 Å². The van der Waals surface area contributed by atoms with Gasteiger partial charge < -0.3 is 5.73 Å². The van der Waals surface area contributed by atoms with Gasteiger partial charge in [-0.05, 0) is 18.2 Å². The molecule has 3 N–H and O–H groups in total. The van der Waals surface area contributed by atoms with Gasteiger partial charge in [-0.25, -0.2) is 5.48 Å². The first-order valence-corrected chi connectivity index (χ1v) is 4.23. The summed E-state index contributed by atoms with van der Waals surface area (Å²) in [5.41, 5.74) is 7.53. The molecule has 7 heteroatoms. The van der Waals surface area contributed by atoms with E-state index in [9.17, 15) is 18.0 Å². The number of halogens is 3. The Bertz CT molecular complexity index is 379. The van der Waals surface area contributed by atoms with Crippen molar-refractivity contribution in [3.05, 3.63) is 29.8 Å². The number of hydrogen-bond donors (Lipinski definition) is 2. The maximum absolute atomic E-state index is 11.7. The first-order chi connectivity index (χ1) is 7.38. The Morgan fingerprint density at radius 2 is 2.12 bits per heavy atom. The zero-order chi connectivity index (χ0) is 12.2. The zero-order valence-electron chi connectivity index (χ0n) is 8.04. The van der Waals surface area contributed by atoms with Crippen LogP contribution in [0, 0.1) is 0 Å². The van der Waals surface area contributed by atoms with Crippen molar-refractivity contribution in [2.24, 2.45) is 0 Å². The number of carbonyl (C=O) groups excluding carboxylic acids is 1. The molecule has 4 nitrogen and oxygen atoms in total. The van der Waals surface area contributed by atoms with Gasteiger partial charge in [-0.15, -0.1) is 0 Å². The molecule has 0 aliphatic heterocycles. The molecule has 1 rings (SSSR count). The normalized spacial score (nSPS) is 11.2. The Morgan fingerprint density at radius 3 is 2.69 bits per heavy atom. The highest BCUT2D eigenvalue weighted by Gasteiger charge is 2.28. The van der Waals surface area contributed by atoms with Gasteiger partial charge in [-0.1, -0.05) is 6.07 Å². The molecule has 0 saturated heterocycles. The summed E-state index contributed by atoms with van der Waals surface area (Å²) >= 11 is 0. The second-order valence-corrected chi connectivity index (χ2v) is 2.96. The molecule has 0 saturated carbocycles. The quantitative estimate of drug-likeness (QED) is 0.615. The van der Waals surface area contributed by atoms with Crippen molar-refractivity contribution in [2.75, 3.05) is 12.3 Å². The summed E-state index contributed by atoms with van der Waals surface area (Å²) in [5, 5.41) is 0. The largest absolute Gasteiger partial charge is 0.414 e. The number of amides is 1. The first kappa shape index (κ1) is 12.3. The predicted molar refractivity (Wildman–Crippen MR) is 50.3 cm³/mol. The van der Waals surface area contributed by atoms with Crippen LogP contribution in [0.2, 0.25) is 0 Å². The minimum atomic E-state index is -4.48. The van der Waals surface area contributed by atoms with E-state index in [1.807, 2.05) is 0 Å². The average molecular weight is 234 g/mol. The van der Waals surface area contributed by atoms with Crippen molar-refractivity contribution in [3.63, 3.8) is 0 Å². The second kappa shape index (κ2) is 4.84. The van der Waals surface area contributed by atoms with Crippen LogP contribution in [0.3, 0.4) is 0 Å². The molecule has 1 aromatic rings. The van der Waals surface area contributed by atoms with Crippen molar-refractivity contribution >= 4 is 11.6 Å². The molecule has 0 aliphatic carbocycles. The van der Waals surface area contributed by atoms with Crippen LogP contribution >= 0.6 is 0 Å². The summed E-state index contributed by atoms with van der Waals surface area (Å²) in [7, 11) is 0. The van der Waals surface area contributed by atoms with Crippen molar-refractivity contribution in [1.82, 2.24) is 5.48 Å². The first-order valence-electron chi connectivity index (χ1n) is 4.23. The van der Waals surface area contributed by atoms with Gasteiger partial charge in [0.15, 0.2) is 6.61 Å². The van der Waals surface area contributed by atoms with Crippen molar-refractivity contribution < 1.29 is 22.8 Å². The molecule has 88 valence electrons. The molecule has 0 heterocycles. The third-order valence-corrected chi connectivity index (χ3v) is 1.55. The zero-order valence-corrected chi connectivity index (χ0v) is 8.04. The SMILES string of the molecule is Nc1cccc(C(=O)NOCC(F)(F)F)c1. The third-order valence-electron chi connectivity index (χ3n) is 1.55. The number of nitrogens with one attached hydrogen (secondary N) is 1. The van der Waals surface area contributed by atoms with Crippen LogP contribution in [0.15, 0.2) is 24.3 Å². The van der Waals surface area contributed by atoms with Gasteiger partial charge in [0.05, 0.1) is 0 Å². The van der Waals surface area contributed by atoms with Crippen LogP contribution in [-0.4, -0.2) is 18.7 Å². The number of nitrogens with two attached hydrogens (primary N) is 1. The summed E-state index contributed by atoms with van der Waals surface area (Å²) in [6.07, 6.45) is -4.48. The van der Waals surface area contributed by atoms with Crippen molar-refractivity contribution in [1.29, 1.82) is 0 Å². The fourth-order valence-electron chi connectivity index (χ4n) is 0.922. The van der Waals surface area contributed by atoms with Crippen molar-refractivity contribution in [2.45, 2.75) is 6.18 Å². The van der Waals surface area contributed by atoms with Gasteiger partial charge in [-0.3, -0.25) is 9.63 Å². The highest BCUT2D eigenvalue weighted by Crippen LogP contribution is 2.13. The van der Waals surface area contributed by atoms with Crippen LogP contribution < -0.4 is 11.2 Å². The van der Waals surface area contributed by atoms with Crippen LogP contribution in [0.5, 0.6) is 0 Å². The number of rotatable bonds is 3. The predicted octanol–water partition coefficient (Wildman–Crippen LogP) is 1.49. The smallest absolute Gasteiger partial charge is 0.399 e. The van der Waals surface area contributed by atoms with Gasteiger partial charge >= 0.3 is 6.18 Å². The Hall–Kier alpha value is -1.76. The maximum Gasteiger partial charge on any atom is 0.414 e. The fraction of sp³-hybridized carbons (Fsp3) is 0.222. The minimum absolute atomic E-state index is 0.127. The third kappa shape index (κ3) is 4.18. The number of nitrogen functional groups attached to an aromatic ring is 1. The highest BCUT2D eigenvalue weighted by molar-refractivity contribution is 5.94. The van der Waals surface area contributed by atoms with Gasteiger partial charge in [0.25, 0.3) is 5.91 Å². The van der Waals surface area contributed by atoms with E-state index in [0.29, 0.717) is 5.69 Å². The number of benzene rings is 1. The lowest BCUT2D eigenvalue weighted by molar-refractivity contribution is -0.184. The van der Waals surface area contributed by atoms with E-state index in [4.69, 9.17) is 5.73 Å². The van der Waals surface area contributed by atoms with Gasteiger partial charge in [0.1, 0.15) is 0 Å². The van der Waals surface area contributed by atoms with Gasteiger partial charge in [0.2, 0.25) is 0 Å². The molecular weight excluding hydrogens is 225 g/mol. The minimum Gasteiger partial charge on any atom is -0.399 e. The molecule has 0 atom stereocenters. The van der Waals surface area contributed by atoms with E-state index in [2.05, 4.69) is 4.84 Å². The molecule has 0 unspecified atom stereocenters. The van der Waals surface area contributed by atoms with Crippen LogP contribution in [0.1, 0.15) is 10.4 Å². The summed E-state index contributed by atoms with van der Waals surface area (Å²) in [6, 6.07) is 5.79. The second-order valence-electron chi connectivity index (χ2n) is 2.96. The van der Waals surface area contributed by atoms with Crippen molar-refractivity contribution in [3.8, 4) is 0 Å². The fourth-order valence-corrected chi connectivity index (χ4v) is 0.922. The van der Waals surface area contributed by atoms with E-state index < -0.39 is 18.7 Å². The molecular formula is C9H9F3N2O2. The topological polar surface area (TPSA) is 64.4 Å². The molecule has 0 fully saturated rings. The van der Waals surface area contributed by atoms with Crippen LogP contribution in [0.4, 0.5) is 18.9 Å². The monoisotopic (exact) mass is 234 g/mol. The summed E-state index contributed by atoms with van der Waals surface area (Å²) in [4.78, 5) is 15.2. The van der Waals surface area contributed by atoms with E-state index in [1.165, 1.54) is 18.2 Å². The lowest BCUT2D eigenvalue weighted by Gasteiger charge is -2.08. The van der Waals surface area contributed by atoms with Gasteiger partial charge in [0, 0.05) is 11.3 Å². The van der Waals surface area contributed by atoms with E-state index in [0.717, 1.165) is 0 Å². The number of alkyl halides is 3. The Kier molecular flexibility index (Phi) is 3.73. The number of hydrogen-bond acceptors (Lipinski definition) is 3. The van der Waals surface area contributed by atoms with Crippen LogP contribution in [-0.2, 0) is 4.84 Å². The number of anilines is 1. The average Bonchev–Trinajstić information content (AvgIpc) is 2.15. The summed E-state index contributed by atoms with van der Waals surface area (Å²) < 4.78 is 35.0. The molecule has 0 aliphatic rings. The van der Waals surface area contributed by atoms with E-state index >= 15 is 0 Å². The molecule has 1 aromatic carbocycles. The maximum atomic E-state index is 11.7. The Labute approximate surface area is 89.1 Å². The number of hydroxylamine groups is 1. The molecule has 0 aromatic heterocycles. The van der Waals surface area contributed by atoms with Gasteiger partial charge in [-0.2, -0.15) is 13.2 Å². The van der Waals surface area contributed by atoms with E-state index in [1.54, 1.807) is 11.5 Å². The summed E-state index contributed by atoms with van der Waals surface area (Å²) in [5.74, 6) is -0.781. The highest BCUT2D eigenvalue weighted by atomic mass is 19.4. The lowest BCUT2D eigenvalue weighted by Crippen LogP contribution is -2.29. The molecule has 0 bridgehead atoms. The summed E-state index contributed by atoms with van der Waals surface area (Å²) in [6.45, 7) is -1.54. The van der Waals surface area contributed by atoms with Crippen LogP contribution in [0.25, 0.3) is 0 Å².